The minimum absolute atomic E-state index is 0.0782. The molecule has 2 unspecified atom stereocenters. The molecule has 126 valence electrons. The van der Waals surface area contributed by atoms with Gasteiger partial charge in [-0.25, -0.2) is 4.79 Å². The third-order valence-electron chi connectivity index (χ3n) is 3.57. The van der Waals surface area contributed by atoms with Crippen LogP contribution in [-0.4, -0.2) is 23.0 Å². The van der Waals surface area contributed by atoms with Gasteiger partial charge in [-0.2, -0.15) is 0 Å². The van der Waals surface area contributed by atoms with Crippen LogP contribution in [0.3, 0.4) is 0 Å². The van der Waals surface area contributed by atoms with Gasteiger partial charge in [-0.15, -0.1) is 0 Å². The van der Waals surface area contributed by atoms with E-state index in [-0.39, 0.29) is 5.78 Å². The van der Waals surface area contributed by atoms with Crippen molar-refractivity contribution in [1.29, 1.82) is 0 Å². The molecule has 0 aliphatic carbocycles. The number of carbonyl (C=O) groups excluding carboxylic acids is 2. The molecule has 2 aromatic carbocycles. The van der Waals surface area contributed by atoms with Gasteiger partial charge in [-0.3, -0.25) is 4.79 Å². The zero-order valence-electron chi connectivity index (χ0n) is 13.4. The van der Waals surface area contributed by atoms with E-state index in [0.717, 1.165) is 0 Å². The average molecular weight is 347 g/mol. The first-order valence-corrected chi connectivity index (χ1v) is 7.86. The smallest absolute Gasteiger partial charge is 0.319 e. The fourth-order valence-corrected chi connectivity index (χ4v) is 2.34. The first-order valence-electron chi connectivity index (χ1n) is 7.49. The number of benzene rings is 2. The van der Waals surface area contributed by atoms with Gasteiger partial charge in [0.2, 0.25) is 0 Å². The number of Topliss-reactive ketones (excluding diaryl/α,β-unsaturated/α-hetero) is 1. The molecule has 3 N–H and O–H groups in total. The molecule has 0 aliphatic rings. The molecule has 0 spiro atoms. The Bertz CT molecular complexity index is 731. The Morgan fingerprint density at radius 1 is 1.12 bits per heavy atom. The molecule has 2 atom stereocenters. The largest absolute Gasteiger partial charge is 0.386 e. The third kappa shape index (κ3) is 4.81. The Morgan fingerprint density at radius 3 is 2.42 bits per heavy atom. The zero-order chi connectivity index (χ0) is 17.7. The summed E-state index contributed by atoms with van der Waals surface area (Å²) in [6.45, 7) is 3.16. The molecule has 2 amide bonds. The van der Waals surface area contributed by atoms with Crippen molar-refractivity contribution in [3.63, 3.8) is 0 Å². The lowest BCUT2D eigenvalue weighted by Gasteiger charge is -2.21. The van der Waals surface area contributed by atoms with E-state index in [0.29, 0.717) is 21.8 Å². The molecular weight excluding hydrogens is 328 g/mol. The number of amides is 2. The van der Waals surface area contributed by atoms with Gasteiger partial charge < -0.3 is 15.7 Å². The van der Waals surface area contributed by atoms with E-state index in [9.17, 15) is 14.7 Å². The number of hydrogen-bond donors (Lipinski definition) is 3. The molecule has 0 saturated carbocycles. The highest BCUT2D eigenvalue weighted by atomic mass is 35.5. The predicted octanol–water partition coefficient (Wildman–Crippen LogP) is 3.79. The fourth-order valence-electron chi connectivity index (χ4n) is 2.22. The van der Waals surface area contributed by atoms with Gasteiger partial charge in [-0.05, 0) is 43.7 Å². The fraction of sp³-hybridized carbons (Fsp3) is 0.222. The average Bonchev–Trinajstić information content (AvgIpc) is 2.55. The van der Waals surface area contributed by atoms with Gasteiger partial charge in [0.05, 0.1) is 12.1 Å². The summed E-state index contributed by atoms with van der Waals surface area (Å²) in [6, 6.07) is 12.5. The van der Waals surface area contributed by atoms with Crippen molar-refractivity contribution in [2.45, 2.75) is 26.0 Å². The van der Waals surface area contributed by atoms with Crippen molar-refractivity contribution >= 4 is 29.1 Å². The van der Waals surface area contributed by atoms with Crippen molar-refractivity contribution in [2.24, 2.45) is 0 Å². The van der Waals surface area contributed by atoms with E-state index < -0.39 is 18.2 Å². The number of urea groups is 1. The van der Waals surface area contributed by atoms with E-state index in [2.05, 4.69) is 10.6 Å². The third-order valence-corrected chi connectivity index (χ3v) is 3.82. The standard InChI is InChI=1S/C18H19ClN2O3/c1-11(17(23)13-6-8-15(19)9-7-13)20-18(24)21-16-5-3-4-14(10-16)12(2)22/h3-11,17,23H,1-2H3,(H2,20,21,24). The number of rotatable bonds is 5. The van der Waals surface area contributed by atoms with E-state index >= 15 is 0 Å². The number of halogens is 1. The monoisotopic (exact) mass is 346 g/mol. The summed E-state index contributed by atoms with van der Waals surface area (Å²) in [6.07, 6.45) is -0.864. The molecule has 5 nitrogen and oxygen atoms in total. The summed E-state index contributed by atoms with van der Waals surface area (Å²) in [5, 5.41) is 16.2. The second-order valence-corrected chi connectivity index (χ2v) is 5.96. The summed E-state index contributed by atoms with van der Waals surface area (Å²) in [4.78, 5) is 23.4. The Balaban J connectivity index is 1.97. The maximum absolute atomic E-state index is 12.1. The Kier molecular flexibility index (Phi) is 5.95. The van der Waals surface area contributed by atoms with Crippen LogP contribution < -0.4 is 10.6 Å². The Morgan fingerprint density at radius 2 is 1.79 bits per heavy atom. The second kappa shape index (κ2) is 7.95. The van der Waals surface area contributed by atoms with E-state index in [1.807, 2.05) is 0 Å². The highest BCUT2D eigenvalue weighted by Crippen LogP contribution is 2.19. The van der Waals surface area contributed by atoms with Crippen LogP contribution in [0.15, 0.2) is 48.5 Å². The molecule has 2 aromatic rings. The molecule has 2 rings (SSSR count). The van der Waals surface area contributed by atoms with Gasteiger partial charge in [0, 0.05) is 16.3 Å². The van der Waals surface area contributed by atoms with E-state index in [1.165, 1.54) is 6.92 Å². The van der Waals surface area contributed by atoms with Gasteiger partial charge in [0.25, 0.3) is 0 Å². The summed E-state index contributed by atoms with van der Waals surface area (Å²) in [7, 11) is 0. The molecule has 0 fully saturated rings. The van der Waals surface area contributed by atoms with Crippen LogP contribution in [0.2, 0.25) is 5.02 Å². The predicted molar refractivity (Wildman–Crippen MR) is 94.5 cm³/mol. The Labute approximate surface area is 145 Å². The molecule has 0 aromatic heterocycles. The van der Waals surface area contributed by atoms with E-state index in [1.54, 1.807) is 55.5 Å². The zero-order valence-corrected chi connectivity index (χ0v) is 14.2. The lowest BCUT2D eigenvalue weighted by molar-refractivity contribution is 0.101. The number of ketones is 1. The van der Waals surface area contributed by atoms with Crippen LogP contribution in [0.5, 0.6) is 0 Å². The van der Waals surface area contributed by atoms with Gasteiger partial charge in [0.15, 0.2) is 5.78 Å². The summed E-state index contributed by atoms with van der Waals surface area (Å²) in [5.41, 5.74) is 1.68. The number of nitrogens with one attached hydrogen (secondary N) is 2. The van der Waals surface area contributed by atoms with Crippen LogP contribution >= 0.6 is 11.6 Å². The van der Waals surface area contributed by atoms with E-state index in [4.69, 9.17) is 11.6 Å². The normalized spacial score (nSPS) is 13.0. The Hall–Kier alpha value is -2.37. The van der Waals surface area contributed by atoms with Crippen molar-refractivity contribution in [1.82, 2.24) is 5.32 Å². The molecule has 6 heteroatoms. The van der Waals surface area contributed by atoms with Crippen LogP contribution in [0.1, 0.15) is 35.9 Å². The van der Waals surface area contributed by atoms with Crippen molar-refractivity contribution in [3.8, 4) is 0 Å². The minimum Gasteiger partial charge on any atom is -0.386 e. The van der Waals surface area contributed by atoms with Crippen LogP contribution in [-0.2, 0) is 0 Å². The van der Waals surface area contributed by atoms with Gasteiger partial charge in [0.1, 0.15) is 0 Å². The lowest BCUT2D eigenvalue weighted by atomic mass is 10.0. The molecule has 0 aliphatic heterocycles. The molecule has 0 radical (unpaired) electrons. The summed E-state index contributed by atoms with van der Waals surface area (Å²) in [5.74, 6) is -0.0782. The van der Waals surface area contributed by atoms with Gasteiger partial charge >= 0.3 is 6.03 Å². The first kappa shape index (κ1) is 18.0. The van der Waals surface area contributed by atoms with Crippen LogP contribution in [0.25, 0.3) is 0 Å². The highest BCUT2D eigenvalue weighted by Gasteiger charge is 2.18. The number of aliphatic hydroxyl groups is 1. The first-order chi connectivity index (χ1) is 11.4. The number of anilines is 1. The molecule has 24 heavy (non-hydrogen) atoms. The number of hydrogen-bond acceptors (Lipinski definition) is 3. The SMILES string of the molecule is CC(=O)c1cccc(NC(=O)NC(C)C(O)c2ccc(Cl)cc2)c1. The van der Waals surface area contributed by atoms with Crippen molar-refractivity contribution < 1.29 is 14.7 Å². The van der Waals surface area contributed by atoms with Crippen molar-refractivity contribution in [2.75, 3.05) is 5.32 Å². The lowest BCUT2D eigenvalue weighted by Crippen LogP contribution is -2.39. The highest BCUT2D eigenvalue weighted by molar-refractivity contribution is 6.30. The molecular formula is C18H19ClN2O3. The molecule has 0 heterocycles. The second-order valence-electron chi connectivity index (χ2n) is 5.52. The number of aliphatic hydroxyl groups excluding tert-OH is 1. The summed E-state index contributed by atoms with van der Waals surface area (Å²) < 4.78 is 0. The van der Waals surface area contributed by atoms with Gasteiger partial charge in [-0.1, -0.05) is 35.9 Å². The minimum atomic E-state index is -0.864. The summed E-state index contributed by atoms with van der Waals surface area (Å²) >= 11 is 5.82. The van der Waals surface area contributed by atoms with Crippen molar-refractivity contribution in [3.05, 3.63) is 64.7 Å². The topological polar surface area (TPSA) is 78.4 Å². The van der Waals surface area contributed by atoms with Crippen LogP contribution in [0, 0.1) is 0 Å². The molecule has 0 saturated heterocycles. The number of carbonyl (C=O) groups is 2. The maximum atomic E-state index is 12.1. The van der Waals surface area contributed by atoms with Crippen LogP contribution in [0.4, 0.5) is 10.5 Å². The molecule has 0 bridgehead atoms. The maximum Gasteiger partial charge on any atom is 0.319 e. The quantitative estimate of drug-likeness (QED) is 0.721.